The van der Waals surface area contributed by atoms with E-state index in [-0.39, 0.29) is 23.4 Å². The summed E-state index contributed by atoms with van der Waals surface area (Å²) in [4.78, 5) is 14.0. The number of carbonyl (C=O) groups excluding carboxylic acids is 1. The highest BCUT2D eigenvalue weighted by atomic mass is 32.2. The van der Waals surface area contributed by atoms with Crippen molar-refractivity contribution in [2.45, 2.75) is 64.5 Å². The van der Waals surface area contributed by atoms with Gasteiger partial charge in [-0.1, -0.05) is 38.5 Å². The summed E-state index contributed by atoms with van der Waals surface area (Å²) in [5, 5.41) is 11.0. The van der Waals surface area contributed by atoms with E-state index in [0.29, 0.717) is 24.2 Å². The highest BCUT2D eigenvalue weighted by molar-refractivity contribution is 7.99. The largest absolute Gasteiger partial charge is 0.512 e. The summed E-state index contributed by atoms with van der Waals surface area (Å²) in [7, 11) is 0. The molecular weight excluding hydrogens is 445 g/mol. The summed E-state index contributed by atoms with van der Waals surface area (Å²) >= 11 is 1.48. The molecule has 6 heteroatoms. The minimum Gasteiger partial charge on any atom is -0.512 e. The van der Waals surface area contributed by atoms with Gasteiger partial charge in [0.2, 0.25) is 0 Å². The lowest BCUT2D eigenvalue weighted by Crippen LogP contribution is -2.25. The molecule has 33 heavy (non-hydrogen) atoms. The molecule has 0 saturated heterocycles. The van der Waals surface area contributed by atoms with Gasteiger partial charge >= 0.3 is 6.18 Å². The van der Waals surface area contributed by atoms with Gasteiger partial charge in [-0.3, -0.25) is 4.79 Å². The number of allylic oxidation sites excluding steroid dienone is 2. The number of alkyl halides is 3. The van der Waals surface area contributed by atoms with Crippen molar-refractivity contribution in [2.75, 3.05) is 5.75 Å². The van der Waals surface area contributed by atoms with Gasteiger partial charge in [0.15, 0.2) is 5.78 Å². The van der Waals surface area contributed by atoms with Gasteiger partial charge in [0.05, 0.1) is 11.1 Å². The monoisotopic (exact) mass is 476 g/mol. The zero-order valence-electron chi connectivity index (χ0n) is 19.6. The minimum absolute atomic E-state index is 0.00352. The molecule has 0 spiro atoms. The van der Waals surface area contributed by atoms with Crippen LogP contribution in [0.1, 0.15) is 61.4 Å². The average molecular weight is 477 g/mol. The Morgan fingerprint density at radius 3 is 2.12 bits per heavy atom. The topological polar surface area (TPSA) is 37.3 Å². The molecule has 0 aliphatic heterocycles. The Bertz CT molecular complexity index is 1010. The van der Waals surface area contributed by atoms with Gasteiger partial charge in [0.25, 0.3) is 0 Å². The van der Waals surface area contributed by atoms with Crippen LogP contribution in [0.5, 0.6) is 0 Å². The van der Waals surface area contributed by atoms with E-state index in [2.05, 4.69) is 26.0 Å². The molecule has 2 nitrogen and oxygen atoms in total. The van der Waals surface area contributed by atoms with Crippen molar-refractivity contribution in [3.63, 3.8) is 0 Å². The molecule has 3 rings (SSSR count). The number of rotatable bonds is 7. The van der Waals surface area contributed by atoms with Crippen LogP contribution in [0.3, 0.4) is 0 Å². The maximum atomic E-state index is 13.2. The second-order valence-corrected chi connectivity index (χ2v) is 9.98. The number of hydrogen-bond acceptors (Lipinski definition) is 3. The number of ketones is 1. The molecule has 2 aromatic rings. The molecule has 0 fully saturated rings. The van der Waals surface area contributed by atoms with E-state index in [1.165, 1.54) is 23.9 Å². The lowest BCUT2D eigenvalue weighted by atomic mass is 9.76. The van der Waals surface area contributed by atoms with Crippen molar-refractivity contribution in [1.29, 1.82) is 0 Å². The van der Waals surface area contributed by atoms with Crippen LogP contribution in [0.25, 0.3) is 5.57 Å². The van der Waals surface area contributed by atoms with Crippen LogP contribution in [0.2, 0.25) is 0 Å². The molecule has 0 bridgehead atoms. The molecule has 178 valence electrons. The molecule has 0 amide bonds. The molecule has 1 N–H and O–H groups in total. The van der Waals surface area contributed by atoms with Gasteiger partial charge in [-0.15, -0.1) is 11.8 Å². The average Bonchev–Trinajstić information content (AvgIpc) is 2.76. The van der Waals surface area contributed by atoms with Gasteiger partial charge < -0.3 is 5.11 Å². The van der Waals surface area contributed by atoms with Gasteiger partial charge in [-0.2, -0.15) is 13.2 Å². The van der Waals surface area contributed by atoms with Gasteiger partial charge in [0.1, 0.15) is 5.76 Å². The Hall–Kier alpha value is -2.21. The number of aliphatic hydroxyl groups excluding tert-OH is 1. The normalized spacial score (nSPS) is 18.0. The highest BCUT2D eigenvalue weighted by Gasteiger charge is 2.33. The van der Waals surface area contributed by atoms with Gasteiger partial charge in [-0.25, -0.2) is 0 Å². The minimum atomic E-state index is -4.34. The fourth-order valence-electron chi connectivity index (χ4n) is 4.53. The SMILES string of the molecule is CCc1cc(C)cc(CC)c1C1=C(O)CC(C(C)CSc2ccc(C(F)(F)F)cc2)CC1=O. The number of carbonyl (C=O) groups is 1. The number of aryl methyl sites for hydroxylation is 3. The zero-order chi connectivity index (χ0) is 24.3. The molecule has 2 unspecified atom stereocenters. The van der Waals surface area contributed by atoms with Gasteiger partial charge in [0, 0.05) is 23.5 Å². The van der Waals surface area contributed by atoms with E-state index in [1.807, 2.05) is 13.8 Å². The quantitative estimate of drug-likeness (QED) is 0.414. The number of Topliss-reactive ketones (excluding diaryl/α,β-unsaturated/α-hetero) is 1. The maximum absolute atomic E-state index is 13.2. The van der Waals surface area contributed by atoms with Crippen molar-refractivity contribution in [3.05, 3.63) is 70.0 Å². The van der Waals surface area contributed by atoms with Crippen molar-refractivity contribution >= 4 is 23.1 Å². The summed E-state index contributed by atoms with van der Waals surface area (Å²) in [5.74, 6) is 0.930. The molecule has 2 atom stereocenters. The molecule has 0 heterocycles. The fraction of sp³-hybridized carbons (Fsp3) is 0.444. The molecule has 0 aromatic heterocycles. The summed E-state index contributed by atoms with van der Waals surface area (Å²) in [6, 6.07) is 9.34. The fourth-order valence-corrected chi connectivity index (χ4v) is 5.59. The Balaban J connectivity index is 1.75. The maximum Gasteiger partial charge on any atom is 0.416 e. The van der Waals surface area contributed by atoms with E-state index < -0.39 is 11.7 Å². The molecular formula is C27H31F3O2S. The molecule has 2 aromatic carbocycles. The lowest BCUT2D eigenvalue weighted by Gasteiger charge is -2.29. The number of hydrogen-bond donors (Lipinski definition) is 1. The summed E-state index contributed by atoms with van der Waals surface area (Å²) in [6.45, 7) is 8.21. The third-order valence-electron chi connectivity index (χ3n) is 6.43. The Morgan fingerprint density at radius 1 is 1.06 bits per heavy atom. The first-order chi connectivity index (χ1) is 15.5. The Labute approximate surface area is 198 Å². The van der Waals surface area contributed by atoms with Crippen LogP contribution in [0, 0.1) is 18.8 Å². The second kappa shape index (κ2) is 10.4. The first-order valence-corrected chi connectivity index (χ1v) is 12.4. The zero-order valence-corrected chi connectivity index (χ0v) is 20.4. The molecule has 0 saturated carbocycles. The molecule has 0 radical (unpaired) electrons. The van der Waals surface area contributed by atoms with Gasteiger partial charge in [-0.05, 0) is 72.6 Å². The number of benzene rings is 2. The standard InChI is InChI=1S/C27H31F3O2S/c1-5-18-11-16(3)12-19(6-2)25(18)26-23(31)13-20(14-24(26)32)17(4)15-33-22-9-7-21(8-10-22)27(28,29)30/h7-12,17,20,31H,5-6,13-15H2,1-4H3. The van der Waals surface area contributed by atoms with E-state index in [9.17, 15) is 23.1 Å². The van der Waals surface area contributed by atoms with Crippen LogP contribution >= 0.6 is 11.8 Å². The number of halogens is 3. The van der Waals surface area contributed by atoms with E-state index in [1.54, 1.807) is 0 Å². The predicted molar refractivity (Wildman–Crippen MR) is 129 cm³/mol. The predicted octanol–water partition coefficient (Wildman–Crippen LogP) is 7.82. The van der Waals surface area contributed by atoms with E-state index >= 15 is 0 Å². The third kappa shape index (κ3) is 5.84. The van der Waals surface area contributed by atoms with Crippen molar-refractivity contribution < 1.29 is 23.1 Å². The molecule has 1 aliphatic rings. The first-order valence-electron chi connectivity index (χ1n) is 11.4. The lowest BCUT2D eigenvalue weighted by molar-refractivity contribution is -0.137. The highest BCUT2D eigenvalue weighted by Crippen LogP contribution is 2.40. The van der Waals surface area contributed by atoms with E-state index in [0.717, 1.165) is 52.1 Å². The van der Waals surface area contributed by atoms with Crippen LogP contribution in [0.15, 0.2) is 47.1 Å². The summed E-state index contributed by atoms with van der Waals surface area (Å²) in [6.07, 6.45) is -1.95. The Kier molecular flexibility index (Phi) is 7.99. The third-order valence-corrected chi connectivity index (χ3v) is 7.73. The van der Waals surface area contributed by atoms with Crippen molar-refractivity contribution in [3.8, 4) is 0 Å². The summed E-state index contributed by atoms with van der Waals surface area (Å²) < 4.78 is 38.3. The molecule has 1 aliphatic carbocycles. The summed E-state index contributed by atoms with van der Waals surface area (Å²) in [5.41, 5.74) is 4.05. The van der Waals surface area contributed by atoms with Crippen LogP contribution in [-0.4, -0.2) is 16.6 Å². The Morgan fingerprint density at radius 2 is 1.64 bits per heavy atom. The van der Waals surface area contributed by atoms with Crippen molar-refractivity contribution in [2.24, 2.45) is 11.8 Å². The second-order valence-electron chi connectivity index (χ2n) is 8.89. The van der Waals surface area contributed by atoms with Crippen molar-refractivity contribution in [1.82, 2.24) is 0 Å². The van der Waals surface area contributed by atoms with E-state index in [4.69, 9.17) is 0 Å². The first kappa shape index (κ1) is 25.4. The number of thioether (sulfide) groups is 1. The van der Waals surface area contributed by atoms with Crippen LogP contribution in [0.4, 0.5) is 13.2 Å². The van der Waals surface area contributed by atoms with Crippen LogP contribution < -0.4 is 0 Å². The van der Waals surface area contributed by atoms with Crippen LogP contribution in [-0.2, 0) is 23.8 Å². The smallest absolute Gasteiger partial charge is 0.416 e. The number of aliphatic hydroxyl groups is 1.